The summed E-state index contributed by atoms with van der Waals surface area (Å²) in [5, 5.41) is 6.18. The van der Waals surface area contributed by atoms with E-state index in [0.717, 1.165) is 0 Å². The average molecular weight is 274 g/mol. The molecule has 0 radical (unpaired) electrons. The molecule has 0 aliphatic rings. The van der Waals surface area contributed by atoms with Crippen molar-refractivity contribution in [1.29, 1.82) is 0 Å². The van der Waals surface area contributed by atoms with Gasteiger partial charge in [0.25, 0.3) is 10.1 Å². The molecule has 1 rings (SSSR count). The first kappa shape index (κ1) is 13.9. The number of anilines is 1. The zero-order valence-electron chi connectivity index (χ0n) is 9.47. The first-order chi connectivity index (χ1) is 7.79. The second-order valence-corrected chi connectivity index (χ2v) is 5.59. The molecule has 0 atom stereocenters. The third-order valence-corrected chi connectivity index (χ3v) is 2.88. The summed E-state index contributed by atoms with van der Waals surface area (Å²) >= 11 is 5.01. The van der Waals surface area contributed by atoms with Crippen molar-refractivity contribution in [3.8, 4) is 0 Å². The summed E-state index contributed by atoms with van der Waals surface area (Å²) in [6, 6.07) is 5.97. The van der Waals surface area contributed by atoms with E-state index in [1.54, 1.807) is 6.07 Å². The van der Waals surface area contributed by atoms with Crippen LogP contribution in [-0.2, 0) is 10.1 Å². The van der Waals surface area contributed by atoms with Crippen molar-refractivity contribution in [2.45, 2.75) is 24.8 Å². The summed E-state index contributed by atoms with van der Waals surface area (Å²) < 4.78 is 30.7. The van der Waals surface area contributed by atoms with Crippen LogP contribution in [0.2, 0.25) is 0 Å². The summed E-state index contributed by atoms with van der Waals surface area (Å²) in [6.07, 6.45) is 0. The Kier molecular flexibility index (Phi) is 4.44. The van der Waals surface area contributed by atoms with Gasteiger partial charge in [0.1, 0.15) is 0 Å². The molecular formula is C10H14N2O3S2. The van der Waals surface area contributed by atoms with E-state index in [1.807, 2.05) is 13.8 Å². The van der Waals surface area contributed by atoms with Crippen molar-refractivity contribution in [2.75, 3.05) is 5.32 Å². The summed E-state index contributed by atoms with van der Waals surface area (Å²) in [5.41, 5.74) is 0.498. The van der Waals surface area contributed by atoms with Crippen LogP contribution in [0.4, 0.5) is 5.69 Å². The van der Waals surface area contributed by atoms with Gasteiger partial charge < -0.3 is 10.6 Å². The van der Waals surface area contributed by atoms with Crippen molar-refractivity contribution < 1.29 is 13.0 Å². The van der Waals surface area contributed by atoms with Gasteiger partial charge in [-0.3, -0.25) is 4.55 Å². The molecule has 7 heteroatoms. The maximum Gasteiger partial charge on any atom is 0.294 e. The maximum absolute atomic E-state index is 10.9. The van der Waals surface area contributed by atoms with E-state index in [0.29, 0.717) is 10.8 Å². The van der Waals surface area contributed by atoms with Crippen LogP contribution in [0.25, 0.3) is 0 Å². The Morgan fingerprint density at radius 2 is 2.06 bits per heavy atom. The fraction of sp³-hybridized carbons (Fsp3) is 0.300. The average Bonchev–Trinajstić information content (AvgIpc) is 2.15. The van der Waals surface area contributed by atoms with Gasteiger partial charge in [-0.2, -0.15) is 8.42 Å². The standard InChI is InChI=1S/C10H14N2O3S2/c1-7(2)11-10(16)12-8-4-3-5-9(6-8)17(13,14)15/h3-7H,1-2H3,(H2,11,12,16)(H,13,14,15). The number of thiocarbonyl (C=S) groups is 1. The summed E-state index contributed by atoms with van der Waals surface area (Å²) in [6.45, 7) is 3.87. The van der Waals surface area contributed by atoms with Gasteiger partial charge in [0, 0.05) is 11.7 Å². The van der Waals surface area contributed by atoms with Crippen LogP contribution in [0.15, 0.2) is 29.2 Å². The van der Waals surface area contributed by atoms with Gasteiger partial charge in [-0.25, -0.2) is 0 Å². The molecule has 0 saturated heterocycles. The molecule has 0 amide bonds. The van der Waals surface area contributed by atoms with Crippen LogP contribution >= 0.6 is 12.2 Å². The monoisotopic (exact) mass is 274 g/mol. The van der Waals surface area contributed by atoms with Crippen LogP contribution in [0, 0.1) is 0 Å². The van der Waals surface area contributed by atoms with Crippen molar-refractivity contribution in [3.05, 3.63) is 24.3 Å². The van der Waals surface area contributed by atoms with Gasteiger partial charge in [0.05, 0.1) is 4.90 Å². The van der Waals surface area contributed by atoms with Crippen molar-refractivity contribution in [3.63, 3.8) is 0 Å². The second kappa shape index (κ2) is 5.44. The SMILES string of the molecule is CC(C)NC(=S)Nc1cccc(S(=O)(=O)O)c1. The fourth-order valence-electron chi connectivity index (χ4n) is 1.16. The smallest absolute Gasteiger partial charge is 0.294 e. The van der Waals surface area contributed by atoms with Gasteiger partial charge in [0.15, 0.2) is 5.11 Å². The van der Waals surface area contributed by atoms with E-state index in [4.69, 9.17) is 16.8 Å². The highest BCUT2D eigenvalue weighted by molar-refractivity contribution is 7.85. The molecule has 0 aliphatic carbocycles. The van der Waals surface area contributed by atoms with Crippen LogP contribution in [0.1, 0.15) is 13.8 Å². The normalized spacial score (nSPS) is 11.3. The zero-order valence-corrected chi connectivity index (χ0v) is 11.1. The third kappa shape index (κ3) is 4.68. The molecule has 1 aromatic carbocycles. The first-order valence-electron chi connectivity index (χ1n) is 4.94. The molecule has 0 unspecified atom stereocenters. The molecule has 0 fully saturated rings. The Labute approximate surface area is 106 Å². The molecule has 0 heterocycles. The van der Waals surface area contributed by atoms with Crippen LogP contribution in [0.5, 0.6) is 0 Å². The van der Waals surface area contributed by atoms with Crippen LogP contribution in [-0.4, -0.2) is 24.1 Å². The molecule has 0 spiro atoms. The van der Waals surface area contributed by atoms with Gasteiger partial charge in [-0.1, -0.05) is 6.07 Å². The Bertz CT molecular complexity index is 512. The molecule has 3 N–H and O–H groups in total. The Hall–Kier alpha value is -1.18. The van der Waals surface area contributed by atoms with Gasteiger partial charge in [-0.05, 0) is 44.3 Å². The molecule has 0 saturated carbocycles. The van der Waals surface area contributed by atoms with E-state index in [9.17, 15) is 8.42 Å². The summed E-state index contributed by atoms with van der Waals surface area (Å²) in [7, 11) is -4.19. The van der Waals surface area contributed by atoms with E-state index in [-0.39, 0.29) is 10.9 Å². The largest absolute Gasteiger partial charge is 0.360 e. The van der Waals surface area contributed by atoms with Gasteiger partial charge in [0.2, 0.25) is 0 Å². The first-order valence-corrected chi connectivity index (χ1v) is 6.79. The Morgan fingerprint density at radius 1 is 1.41 bits per heavy atom. The van der Waals surface area contributed by atoms with Gasteiger partial charge >= 0.3 is 0 Å². The molecule has 17 heavy (non-hydrogen) atoms. The lowest BCUT2D eigenvalue weighted by molar-refractivity contribution is 0.483. The number of benzene rings is 1. The number of hydrogen-bond donors (Lipinski definition) is 3. The number of hydrogen-bond acceptors (Lipinski definition) is 3. The van der Waals surface area contributed by atoms with E-state index >= 15 is 0 Å². The highest BCUT2D eigenvalue weighted by Crippen LogP contribution is 2.14. The molecular weight excluding hydrogens is 260 g/mol. The lowest BCUT2D eigenvalue weighted by Gasteiger charge is -2.13. The van der Waals surface area contributed by atoms with Crippen molar-refractivity contribution in [1.82, 2.24) is 5.32 Å². The summed E-state index contributed by atoms with van der Waals surface area (Å²) in [5.74, 6) is 0. The topological polar surface area (TPSA) is 78.4 Å². The van der Waals surface area contributed by atoms with Crippen LogP contribution in [0.3, 0.4) is 0 Å². The minimum atomic E-state index is -4.19. The van der Waals surface area contributed by atoms with E-state index in [2.05, 4.69) is 10.6 Å². The summed E-state index contributed by atoms with van der Waals surface area (Å²) in [4.78, 5) is -0.171. The highest BCUT2D eigenvalue weighted by atomic mass is 32.2. The van der Waals surface area contributed by atoms with Crippen molar-refractivity contribution >= 4 is 33.1 Å². The maximum atomic E-state index is 10.9. The molecule has 5 nitrogen and oxygen atoms in total. The van der Waals surface area contributed by atoms with E-state index < -0.39 is 10.1 Å². The predicted octanol–water partition coefficient (Wildman–Crippen LogP) is 1.63. The van der Waals surface area contributed by atoms with Crippen molar-refractivity contribution in [2.24, 2.45) is 0 Å². The number of rotatable bonds is 3. The molecule has 1 aromatic rings. The predicted molar refractivity (Wildman–Crippen MR) is 70.7 cm³/mol. The number of nitrogens with one attached hydrogen (secondary N) is 2. The lowest BCUT2D eigenvalue weighted by atomic mass is 10.3. The zero-order chi connectivity index (χ0) is 13.1. The Balaban J connectivity index is 2.83. The van der Waals surface area contributed by atoms with Gasteiger partial charge in [-0.15, -0.1) is 0 Å². The molecule has 0 aliphatic heterocycles. The fourth-order valence-corrected chi connectivity index (χ4v) is 2.04. The minimum Gasteiger partial charge on any atom is -0.360 e. The molecule has 94 valence electrons. The molecule has 0 aromatic heterocycles. The minimum absolute atomic E-state index is 0.171. The quantitative estimate of drug-likeness (QED) is 0.574. The second-order valence-electron chi connectivity index (χ2n) is 3.76. The Morgan fingerprint density at radius 3 is 2.59 bits per heavy atom. The van der Waals surface area contributed by atoms with E-state index in [1.165, 1.54) is 18.2 Å². The third-order valence-electron chi connectivity index (χ3n) is 1.81. The van der Waals surface area contributed by atoms with Crippen LogP contribution < -0.4 is 10.6 Å². The highest BCUT2D eigenvalue weighted by Gasteiger charge is 2.09. The molecule has 0 bridgehead atoms. The lowest BCUT2D eigenvalue weighted by Crippen LogP contribution is -2.33.